The number of rotatable bonds is 7. The fourth-order valence-corrected chi connectivity index (χ4v) is 5.05. The van der Waals surface area contributed by atoms with Crippen LogP contribution >= 0.6 is 0 Å². The lowest BCUT2D eigenvalue weighted by atomic mass is 9.89. The molecular weight excluding hydrogens is 320 g/mol. The Bertz CT molecular complexity index is 560. The molecule has 0 unspecified atom stereocenters. The van der Waals surface area contributed by atoms with Crippen molar-refractivity contribution in [2.75, 3.05) is 33.4 Å². The fourth-order valence-electron chi connectivity index (χ4n) is 3.25. The van der Waals surface area contributed by atoms with Crippen LogP contribution in [0.3, 0.4) is 0 Å². The van der Waals surface area contributed by atoms with Gasteiger partial charge in [-0.2, -0.15) is 22.3 Å². The maximum Gasteiger partial charge on any atom is 0.282 e. The standard InChI is InChI=1S/C14H24N4O4S/c1-22-10-9-17(8-4-7-15)23(20,21)18-11-14(19)16-12-5-2-3-6-13(12)18/h12-13H,2-6,8-11H2,1H3,(H,16,19)/t12-,13-/m0/s1. The van der Waals surface area contributed by atoms with Gasteiger partial charge in [0.15, 0.2) is 0 Å². The third kappa shape index (κ3) is 4.20. The average molecular weight is 344 g/mol. The van der Waals surface area contributed by atoms with E-state index in [0.29, 0.717) is 0 Å². The highest BCUT2D eigenvalue weighted by Crippen LogP contribution is 2.28. The minimum atomic E-state index is -3.80. The molecule has 8 nitrogen and oxygen atoms in total. The Morgan fingerprint density at radius 3 is 2.83 bits per heavy atom. The summed E-state index contributed by atoms with van der Waals surface area (Å²) in [6.07, 6.45) is 3.62. The van der Waals surface area contributed by atoms with Gasteiger partial charge in [0.2, 0.25) is 5.91 Å². The molecule has 1 saturated carbocycles. The van der Waals surface area contributed by atoms with Gasteiger partial charge in [0.1, 0.15) is 0 Å². The summed E-state index contributed by atoms with van der Waals surface area (Å²) < 4.78 is 33.6. The molecule has 1 heterocycles. The number of ether oxygens (including phenoxy) is 1. The van der Waals surface area contributed by atoms with E-state index < -0.39 is 10.2 Å². The number of fused-ring (bicyclic) bond motifs is 1. The van der Waals surface area contributed by atoms with Gasteiger partial charge in [-0.3, -0.25) is 4.79 Å². The third-order valence-electron chi connectivity index (χ3n) is 4.39. The number of amides is 1. The van der Waals surface area contributed by atoms with Crippen LogP contribution < -0.4 is 5.32 Å². The van der Waals surface area contributed by atoms with E-state index >= 15 is 0 Å². The fraction of sp³-hybridized carbons (Fsp3) is 0.857. The Morgan fingerprint density at radius 2 is 2.13 bits per heavy atom. The Morgan fingerprint density at radius 1 is 1.39 bits per heavy atom. The van der Waals surface area contributed by atoms with Crippen LogP contribution in [0.1, 0.15) is 32.1 Å². The lowest BCUT2D eigenvalue weighted by Crippen LogP contribution is -2.64. The molecule has 0 aromatic heterocycles. The SMILES string of the molecule is COCCN(CCC#N)S(=O)(=O)N1CC(=O)N[C@H]2CCCC[C@@H]21. The van der Waals surface area contributed by atoms with Gasteiger partial charge in [0.25, 0.3) is 10.2 Å². The Hall–Kier alpha value is -1.21. The highest BCUT2D eigenvalue weighted by Gasteiger charge is 2.44. The third-order valence-corrected chi connectivity index (χ3v) is 6.40. The summed E-state index contributed by atoms with van der Waals surface area (Å²) in [5.74, 6) is -0.260. The quantitative estimate of drug-likeness (QED) is 0.691. The van der Waals surface area contributed by atoms with Crippen LogP contribution in [0.4, 0.5) is 0 Å². The number of nitrogens with zero attached hydrogens (tertiary/aromatic N) is 3. The predicted molar refractivity (Wildman–Crippen MR) is 83.5 cm³/mol. The first-order chi connectivity index (χ1) is 11.0. The molecule has 0 aromatic rings. The van der Waals surface area contributed by atoms with Crippen LogP contribution in [-0.4, -0.2) is 68.4 Å². The first-order valence-electron chi connectivity index (χ1n) is 7.93. The van der Waals surface area contributed by atoms with E-state index in [1.165, 1.54) is 15.7 Å². The number of methoxy groups -OCH3 is 1. The van der Waals surface area contributed by atoms with Crippen LogP contribution in [0.25, 0.3) is 0 Å². The van der Waals surface area contributed by atoms with Crippen LogP contribution in [0, 0.1) is 11.3 Å². The summed E-state index contributed by atoms with van der Waals surface area (Å²) >= 11 is 0. The van der Waals surface area contributed by atoms with Crippen LogP contribution in [0.5, 0.6) is 0 Å². The molecule has 2 atom stereocenters. The van der Waals surface area contributed by atoms with Gasteiger partial charge in [0.05, 0.1) is 19.2 Å². The summed E-state index contributed by atoms with van der Waals surface area (Å²) in [5.41, 5.74) is 0. The molecule has 1 saturated heterocycles. The van der Waals surface area contributed by atoms with Gasteiger partial charge in [-0.25, -0.2) is 0 Å². The molecule has 130 valence electrons. The zero-order valence-electron chi connectivity index (χ0n) is 13.4. The van der Waals surface area contributed by atoms with Gasteiger partial charge in [-0.15, -0.1) is 0 Å². The molecule has 1 aliphatic carbocycles. The molecule has 23 heavy (non-hydrogen) atoms. The Kier molecular flexibility index (Phi) is 6.35. The molecule has 2 fully saturated rings. The summed E-state index contributed by atoms with van der Waals surface area (Å²) in [4.78, 5) is 11.9. The summed E-state index contributed by atoms with van der Waals surface area (Å²) in [6, 6.07) is 1.66. The lowest BCUT2D eigenvalue weighted by Gasteiger charge is -2.44. The summed E-state index contributed by atoms with van der Waals surface area (Å²) in [7, 11) is -2.30. The predicted octanol–water partition coefficient (Wildman–Crippen LogP) is -0.164. The van der Waals surface area contributed by atoms with E-state index in [4.69, 9.17) is 10.00 Å². The number of hydrogen-bond acceptors (Lipinski definition) is 5. The second-order valence-corrected chi connectivity index (χ2v) is 7.76. The van der Waals surface area contributed by atoms with Crippen molar-refractivity contribution in [1.82, 2.24) is 13.9 Å². The molecule has 2 rings (SSSR count). The molecular formula is C14H24N4O4S. The number of carbonyl (C=O) groups excluding carboxylic acids is 1. The van der Waals surface area contributed by atoms with Crippen LogP contribution in [-0.2, 0) is 19.7 Å². The molecule has 0 aromatic carbocycles. The average Bonchev–Trinajstić information content (AvgIpc) is 2.53. The maximum absolute atomic E-state index is 13.0. The van der Waals surface area contributed by atoms with E-state index in [9.17, 15) is 13.2 Å². The summed E-state index contributed by atoms with van der Waals surface area (Å²) in [6.45, 7) is 0.381. The molecule has 1 aliphatic heterocycles. The van der Waals surface area contributed by atoms with Crippen molar-refractivity contribution >= 4 is 16.1 Å². The number of nitriles is 1. The van der Waals surface area contributed by atoms with Gasteiger partial charge in [-0.1, -0.05) is 12.8 Å². The Balaban J connectivity index is 2.22. The molecule has 2 aliphatic rings. The lowest BCUT2D eigenvalue weighted by molar-refractivity contribution is -0.125. The van der Waals surface area contributed by atoms with E-state index in [1.807, 2.05) is 6.07 Å². The second kappa shape index (κ2) is 8.06. The second-order valence-electron chi connectivity index (χ2n) is 5.88. The van der Waals surface area contributed by atoms with Crippen molar-refractivity contribution in [2.45, 2.75) is 44.2 Å². The minimum Gasteiger partial charge on any atom is -0.383 e. The van der Waals surface area contributed by atoms with E-state index in [-0.39, 0.29) is 50.7 Å². The van der Waals surface area contributed by atoms with Crippen LogP contribution in [0.2, 0.25) is 0 Å². The van der Waals surface area contributed by atoms with Crippen molar-refractivity contribution in [3.8, 4) is 6.07 Å². The molecule has 0 spiro atoms. The number of hydrogen-bond donors (Lipinski definition) is 1. The van der Waals surface area contributed by atoms with Crippen molar-refractivity contribution in [3.63, 3.8) is 0 Å². The highest BCUT2D eigenvalue weighted by molar-refractivity contribution is 7.86. The molecule has 1 amide bonds. The topological polar surface area (TPSA) is 103 Å². The van der Waals surface area contributed by atoms with Crippen LogP contribution in [0.15, 0.2) is 0 Å². The van der Waals surface area contributed by atoms with Gasteiger partial charge in [-0.05, 0) is 12.8 Å². The molecule has 0 radical (unpaired) electrons. The van der Waals surface area contributed by atoms with Gasteiger partial charge < -0.3 is 10.1 Å². The largest absolute Gasteiger partial charge is 0.383 e. The molecule has 0 bridgehead atoms. The van der Waals surface area contributed by atoms with Crippen molar-refractivity contribution in [1.29, 1.82) is 5.26 Å². The zero-order chi connectivity index (χ0) is 16.9. The van der Waals surface area contributed by atoms with Gasteiger partial charge in [0, 0.05) is 38.7 Å². The number of carbonyl (C=O) groups is 1. The zero-order valence-corrected chi connectivity index (χ0v) is 14.2. The minimum absolute atomic E-state index is 0.108. The number of nitrogens with one attached hydrogen (secondary N) is 1. The van der Waals surface area contributed by atoms with Crippen molar-refractivity contribution in [2.24, 2.45) is 0 Å². The monoisotopic (exact) mass is 344 g/mol. The first-order valence-corrected chi connectivity index (χ1v) is 9.32. The normalized spacial score (nSPS) is 25.7. The highest BCUT2D eigenvalue weighted by atomic mass is 32.2. The van der Waals surface area contributed by atoms with E-state index in [0.717, 1.165) is 25.7 Å². The van der Waals surface area contributed by atoms with E-state index in [1.54, 1.807) is 0 Å². The van der Waals surface area contributed by atoms with Crippen molar-refractivity contribution in [3.05, 3.63) is 0 Å². The Labute approximate surface area is 137 Å². The van der Waals surface area contributed by atoms with E-state index in [2.05, 4.69) is 5.32 Å². The van der Waals surface area contributed by atoms with Crippen molar-refractivity contribution < 1.29 is 17.9 Å². The maximum atomic E-state index is 13.0. The van der Waals surface area contributed by atoms with Gasteiger partial charge >= 0.3 is 0 Å². The summed E-state index contributed by atoms with van der Waals surface area (Å²) in [5, 5.41) is 11.7. The smallest absolute Gasteiger partial charge is 0.282 e. The molecule has 1 N–H and O–H groups in total. The number of piperazine rings is 1. The molecule has 9 heteroatoms. The first kappa shape index (κ1) is 18.1.